The van der Waals surface area contributed by atoms with E-state index in [1.165, 1.54) is 28.3 Å². The molecule has 214 valence electrons. The first-order valence-electron chi connectivity index (χ1n) is 12.2. The molecule has 3 rings (SSSR count). The first-order valence-corrected chi connectivity index (χ1v) is 13.7. The van der Waals surface area contributed by atoms with Crippen molar-refractivity contribution in [2.24, 2.45) is 9.50 Å². The molecule has 2 atom stereocenters. The molecule has 13 nitrogen and oxygen atoms in total. The number of ether oxygens (including phenoxy) is 3. The number of guanidine groups is 1. The average Bonchev–Trinajstić information content (AvgIpc) is 2.96. The maximum Gasteiger partial charge on any atom is 0.261 e. The number of hydrogen-bond acceptors (Lipinski definition) is 10. The van der Waals surface area contributed by atoms with E-state index < -0.39 is 21.3 Å². The molecule has 40 heavy (non-hydrogen) atoms. The molecule has 0 saturated heterocycles. The van der Waals surface area contributed by atoms with Gasteiger partial charge in [0.2, 0.25) is 11.8 Å². The zero-order valence-electron chi connectivity index (χ0n) is 23.5. The summed E-state index contributed by atoms with van der Waals surface area (Å²) in [6.45, 7) is 5.08. The predicted molar refractivity (Wildman–Crippen MR) is 154 cm³/mol. The van der Waals surface area contributed by atoms with Gasteiger partial charge in [0.15, 0.2) is 0 Å². The van der Waals surface area contributed by atoms with Gasteiger partial charge >= 0.3 is 0 Å². The van der Waals surface area contributed by atoms with Crippen molar-refractivity contribution in [1.82, 2.24) is 25.7 Å². The fourth-order valence-electron chi connectivity index (χ4n) is 3.61. The number of para-hydroxylation sites is 1. The molecule has 0 saturated carbocycles. The molecule has 0 aliphatic rings. The summed E-state index contributed by atoms with van der Waals surface area (Å²) in [5.74, 6) is 1.33. The molecule has 14 heteroatoms. The standard InChI is InChI=1S/C26H34N8O5S/c1-16-14-28-25(29-15-16)23(27-4)18(3)40(35,36)34-26(31-24-20(37-5)11-9-12-21(24)38-6)33-32-17(2)19-10-8-13-22(30-19)39-7/h8-15,18,23,27H,1-7H3,(H2,31,33,34)/b32-17+/t18-,23-/m1/s1. The van der Waals surface area contributed by atoms with Crippen molar-refractivity contribution in [2.45, 2.75) is 32.1 Å². The zero-order chi connectivity index (χ0) is 29.3. The van der Waals surface area contributed by atoms with Crippen LogP contribution in [-0.4, -0.2) is 68.7 Å². The van der Waals surface area contributed by atoms with Crippen LogP contribution >= 0.6 is 0 Å². The van der Waals surface area contributed by atoms with Crippen LogP contribution in [0.1, 0.15) is 37.0 Å². The van der Waals surface area contributed by atoms with E-state index in [0.29, 0.717) is 40.3 Å². The molecule has 0 aliphatic heterocycles. The molecular formula is C26H34N8O5S. The first kappa shape index (κ1) is 30.2. The van der Waals surface area contributed by atoms with Crippen LogP contribution in [0.15, 0.2) is 58.3 Å². The lowest BCUT2D eigenvalue weighted by atomic mass is 10.2. The SMILES string of the molecule is CN[C@@H](c1ncc(C)cn1)[C@@H](C)S(=O)(=O)N=C(N/N=C(\C)c1cccc(OC)n1)Nc1c(OC)cccc1OC. The molecule has 0 unspecified atom stereocenters. The molecule has 0 radical (unpaired) electrons. The average molecular weight is 571 g/mol. The molecule has 3 aromatic rings. The quantitative estimate of drug-likeness (QED) is 0.177. The summed E-state index contributed by atoms with van der Waals surface area (Å²) in [4.78, 5) is 12.9. The Morgan fingerprint density at radius 3 is 2.17 bits per heavy atom. The lowest BCUT2D eigenvalue weighted by Gasteiger charge is -2.21. The second-order valence-corrected chi connectivity index (χ2v) is 10.5. The second kappa shape index (κ2) is 13.7. The lowest BCUT2D eigenvalue weighted by molar-refractivity contribution is 0.397. The number of rotatable bonds is 11. The maximum atomic E-state index is 13.6. The fraction of sp³-hybridized carbons (Fsp3) is 0.346. The Hall–Kier alpha value is -4.30. The molecule has 2 heterocycles. The molecule has 0 bridgehead atoms. The largest absolute Gasteiger partial charge is 0.494 e. The van der Waals surface area contributed by atoms with Gasteiger partial charge in [-0.25, -0.2) is 28.8 Å². The lowest BCUT2D eigenvalue weighted by Crippen LogP contribution is -2.36. The second-order valence-electron chi connectivity index (χ2n) is 8.58. The molecular weight excluding hydrogens is 536 g/mol. The number of sulfonamides is 1. The predicted octanol–water partition coefficient (Wildman–Crippen LogP) is 2.67. The molecule has 0 spiro atoms. The number of aryl methyl sites for hydroxylation is 1. The van der Waals surface area contributed by atoms with Crippen LogP contribution in [0.3, 0.4) is 0 Å². The van der Waals surface area contributed by atoms with E-state index in [0.717, 1.165) is 5.56 Å². The number of anilines is 1. The number of hydrazone groups is 1. The Morgan fingerprint density at radius 1 is 0.975 bits per heavy atom. The number of methoxy groups -OCH3 is 3. The van der Waals surface area contributed by atoms with E-state index in [1.807, 2.05) is 6.92 Å². The Kier molecular flexibility index (Phi) is 10.3. The number of hydrogen-bond donors (Lipinski definition) is 3. The van der Waals surface area contributed by atoms with Crippen molar-refractivity contribution in [1.29, 1.82) is 0 Å². The van der Waals surface area contributed by atoms with Gasteiger partial charge in [0, 0.05) is 18.5 Å². The molecule has 1 aromatic carbocycles. The van der Waals surface area contributed by atoms with E-state index in [2.05, 4.69) is 40.5 Å². The van der Waals surface area contributed by atoms with Crippen LogP contribution in [0, 0.1) is 6.92 Å². The third kappa shape index (κ3) is 7.42. The smallest absolute Gasteiger partial charge is 0.261 e. The summed E-state index contributed by atoms with van der Waals surface area (Å²) >= 11 is 0. The fourth-order valence-corrected chi connectivity index (χ4v) is 4.72. The number of nitrogens with one attached hydrogen (secondary N) is 3. The highest BCUT2D eigenvalue weighted by molar-refractivity contribution is 7.90. The Bertz CT molecular complexity index is 1440. The highest BCUT2D eigenvalue weighted by atomic mass is 32.2. The summed E-state index contributed by atoms with van der Waals surface area (Å²) in [6.07, 6.45) is 3.25. The summed E-state index contributed by atoms with van der Waals surface area (Å²) in [5, 5.41) is 9.22. The number of benzene rings is 1. The van der Waals surface area contributed by atoms with Crippen molar-refractivity contribution in [3.05, 3.63) is 65.9 Å². The van der Waals surface area contributed by atoms with Crippen LogP contribution < -0.4 is 30.3 Å². The molecule has 2 aromatic heterocycles. The Balaban J connectivity index is 2.04. The Labute approximate surface area is 234 Å². The molecule has 0 fully saturated rings. The monoisotopic (exact) mass is 570 g/mol. The van der Waals surface area contributed by atoms with Gasteiger partial charge in [0.1, 0.15) is 28.3 Å². The van der Waals surface area contributed by atoms with Crippen LogP contribution in [0.2, 0.25) is 0 Å². The van der Waals surface area contributed by atoms with Crippen molar-refractivity contribution in [3.63, 3.8) is 0 Å². The molecule has 3 N–H and O–H groups in total. The highest BCUT2D eigenvalue weighted by Gasteiger charge is 2.32. The minimum absolute atomic E-state index is 0.198. The van der Waals surface area contributed by atoms with E-state index in [9.17, 15) is 8.42 Å². The summed E-state index contributed by atoms with van der Waals surface area (Å²) in [6, 6.07) is 9.61. The van der Waals surface area contributed by atoms with Gasteiger partial charge in [-0.2, -0.15) is 5.10 Å². The van der Waals surface area contributed by atoms with Gasteiger partial charge in [-0.05, 0) is 51.6 Å². The van der Waals surface area contributed by atoms with E-state index in [1.54, 1.807) is 62.8 Å². The number of aromatic nitrogens is 3. The summed E-state index contributed by atoms with van der Waals surface area (Å²) < 4.78 is 47.3. The first-order chi connectivity index (χ1) is 19.1. The van der Waals surface area contributed by atoms with Gasteiger partial charge in [-0.1, -0.05) is 12.1 Å². The topological polar surface area (TPSA) is 161 Å². The van der Waals surface area contributed by atoms with Gasteiger partial charge in [-0.3, -0.25) is 0 Å². The summed E-state index contributed by atoms with van der Waals surface area (Å²) in [5.41, 5.74) is 4.90. The normalized spacial score (nSPS) is 13.8. The third-order valence-electron chi connectivity index (χ3n) is 5.85. The third-order valence-corrected chi connectivity index (χ3v) is 7.50. The van der Waals surface area contributed by atoms with Crippen LogP contribution in [0.5, 0.6) is 17.4 Å². The van der Waals surface area contributed by atoms with Gasteiger partial charge < -0.3 is 24.8 Å². The van der Waals surface area contributed by atoms with Gasteiger partial charge in [0.05, 0.1) is 38.8 Å². The number of pyridine rings is 1. The van der Waals surface area contributed by atoms with Crippen LogP contribution in [0.25, 0.3) is 0 Å². The zero-order valence-corrected chi connectivity index (χ0v) is 24.3. The van der Waals surface area contributed by atoms with Crippen molar-refractivity contribution in [2.75, 3.05) is 33.7 Å². The summed E-state index contributed by atoms with van der Waals surface area (Å²) in [7, 11) is 1.94. The van der Waals surface area contributed by atoms with Crippen molar-refractivity contribution >= 4 is 27.4 Å². The van der Waals surface area contributed by atoms with Crippen LogP contribution in [-0.2, 0) is 10.0 Å². The number of nitrogens with zero attached hydrogens (tertiary/aromatic N) is 5. The van der Waals surface area contributed by atoms with E-state index in [4.69, 9.17) is 14.2 Å². The molecule has 0 aliphatic carbocycles. The van der Waals surface area contributed by atoms with Gasteiger partial charge in [-0.15, -0.1) is 4.40 Å². The van der Waals surface area contributed by atoms with E-state index >= 15 is 0 Å². The van der Waals surface area contributed by atoms with Crippen molar-refractivity contribution in [3.8, 4) is 17.4 Å². The highest BCUT2D eigenvalue weighted by Crippen LogP contribution is 2.34. The minimum atomic E-state index is -4.18. The van der Waals surface area contributed by atoms with Crippen LogP contribution in [0.4, 0.5) is 5.69 Å². The Morgan fingerprint density at radius 2 is 1.60 bits per heavy atom. The van der Waals surface area contributed by atoms with Crippen molar-refractivity contribution < 1.29 is 22.6 Å². The van der Waals surface area contributed by atoms with Gasteiger partial charge in [0.25, 0.3) is 10.0 Å². The minimum Gasteiger partial charge on any atom is -0.494 e. The molecule has 0 amide bonds. The van der Waals surface area contributed by atoms with E-state index in [-0.39, 0.29) is 5.96 Å². The maximum absolute atomic E-state index is 13.6.